The van der Waals surface area contributed by atoms with Gasteiger partial charge in [0.1, 0.15) is 0 Å². The predicted molar refractivity (Wildman–Crippen MR) is 118 cm³/mol. The molecule has 150 valence electrons. The van der Waals surface area contributed by atoms with E-state index in [9.17, 15) is 4.79 Å². The van der Waals surface area contributed by atoms with Gasteiger partial charge in [0.05, 0.1) is 22.9 Å². The van der Waals surface area contributed by atoms with Crippen LogP contribution in [0.5, 0.6) is 0 Å². The predicted octanol–water partition coefficient (Wildman–Crippen LogP) is 5.39. The number of pyridine rings is 1. The van der Waals surface area contributed by atoms with E-state index in [4.69, 9.17) is 21.3 Å². The molecule has 5 heteroatoms. The first-order valence-corrected chi connectivity index (χ1v) is 10.4. The third kappa shape index (κ3) is 4.00. The van der Waals surface area contributed by atoms with Gasteiger partial charge in [-0.2, -0.15) is 0 Å². The van der Waals surface area contributed by atoms with Crippen LogP contribution in [0.3, 0.4) is 0 Å². The van der Waals surface area contributed by atoms with Crippen molar-refractivity contribution in [1.82, 2.24) is 10.3 Å². The monoisotopic (exact) mass is 408 g/mol. The molecule has 1 fully saturated rings. The number of hydrogen-bond acceptors (Lipinski definition) is 3. The summed E-state index contributed by atoms with van der Waals surface area (Å²) in [6, 6.07) is 11.7. The number of aromatic nitrogens is 1. The minimum atomic E-state index is -0.0781. The van der Waals surface area contributed by atoms with E-state index < -0.39 is 0 Å². The number of amides is 1. The lowest BCUT2D eigenvalue weighted by atomic mass is 9.94. The van der Waals surface area contributed by atoms with E-state index in [1.807, 2.05) is 45.0 Å². The summed E-state index contributed by atoms with van der Waals surface area (Å²) >= 11 is 6.07. The fraction of sp³-hybridized carbons (Fsp3) is 0.333. The zero-order chi connectivity index (χ0) is 20.5. The Morgan fingerprint density at radius 3 is 2.66 bits per heavy atom. The van der Waals surface area contributed by atoms with E-state index in [-0.39, 0.29) is 12.0 Å². The molecule has 29 heavy (non-hydrogen) atoms. The zero-order valence-electron chi connectivity index (χ0n) is 17.0. The minimum Gasteiger partial charge on any atom is -0.376 e. The molecule has 1 atom stereocenters. The van der Waals surface area contributed by atoms with Gasteiger partial charge in [-0.25, -0.2) is 4.98 Å². The molecule has 2 aromatic carbocycles. The Labute approximate surface area is 176 Å². The second-order valence-electron chi connectivity index (χ2n) is 7.79. The molecule has 1 amide bonds. The number of carbonyl (C=O) groups excluding carboxylic acids is 1. The van der Waals surface area contributed by atoms with Crippen LogP contribution in [0, 0.1) is 20.8 Å². The van der Waals surface area contributed by atoms with Gasteiger partial charge in [-0.1, -0.05) is 35.4 Å². The molecule has 0 saturated carbocycles. The molecular formula is C24H25ClN2O2. The number of benzene rings is 2. The lowest BCUT2D eigenvalue weighted by molar-refractivity contribution is 0.0858. The summed E-state index contributed by atoms with van der Waals surface area (Å²) in [6.45, 7) is 7.36. The van der Waals surface area contributed by atoms with Crippen LogP contribution in [0.15, 0.2) is 36.4 Å². The van der Waals surface area contributed by atoms with Gasteiger partial charge in [0.25, 0.3) is 5.91 Å². The molecule has 1 N–H and O–H groups in total. The van der Waals surface area contributed by atoms with Crippen molar-refractivity contribution in [3.05, 3.63) is 63.7 Å². The van der Waals surface area contributed by atoms with Gasteiger partial charge < -0.3 is 10.1 Å². The highest BCUT2D eigenvalue weighted by atomic mass is 35.5. The SMILES string of the molecule is Cc1cc(C)c2nc(-c3ccc(Cl)cc3)c(C)c(C(=O)NCC3CCCO3)c2c1. The molecule has 3 aromatic rings. The summed E-state index contributed by atoms with van der Waals surface area (Å²) in [6.07, 6.45) is 2.15. The van der Waals surface area contributed by atoms with Crippen LogP contribution in [-0.2, 0) is 4.74 Å². The Morgan fingerprint density at radius 1 is 1.21 bits per heavy atom. The topological polar surface area (TPSA) is 51.2 Å². The average molecular weight is 409 g/mol. The van der Waals surface area contributed by atoms with Crippen molar-refractivity contribution < 1.29 is 9.53 Å². The quantitative estimate of drug-likeness (QED) is 0.629. The first-order valence-electron chi connectivity index (χ1n) is 10.0. The molecule has 0 spiro atoms. The summed E-state index contributed by atoms with van der Waals surface area (Å²) in [4.78, 5) is 18.2. The smallest absolute Gasteiger partial charge is 0.252 e. The summed E-state index contributed by atoms with van der Waals surface area (Å²) in [5, 5.41) is 4.65. The molecule has 1 unspecified atom stereocenters. The standard InChI is InChI=1S/C24H25ClN2O2/c1-14-11-15(2)22-20(12-14)21(24(28)26-13-19-5-4-10-29-19)16(3)23(27-22)17-6-8-18(25)9-7-17/h6-9,11-12,19H,4-5,10,13H2,1-3H3,(H,26,28). The highest BCUT2D eigenvalue weighted by molar-refractivity contribution is 6.30. The van der Waals surface area contributed by atoms with E-state index in [2.05, 4.69) is 17.4 Å². The highest BCUT2D eigenvalue weighted by Gasteiger charge is 2.22. The molecule has 1 aromatic heterocycles. The number of halogens is 1. The van der Waals surface area contributed by atoms with Crippen molar-refractivity contribution in [2.24, 2.45) is 0 Å². The first kappa shape index (κ1) is 19.9. The van der Waals surface area contributed by atoms with Crippen LogP contribution >= 0.6 is 11.6 Å². The maximum absolute atomic E-state index is 13.3. The van der Waals surface area contributed by atoms with Crippen molar-refractivity contribution >= 4 is 28.4 Å². The van der Waals surface area contributed by atoms with Gasteiger partial charge in [0.2, 0.25) is 0 Å². The van der Waals surface area contributed by atoms with Crippen molar-refractivity contribution in [3.8, 4) is 11.3 Å². The second-order valence-corrected chi connectivity index (χ2v) is 8.23. The number of nitrogens with one attached hydrogen (secondary N) is 1. The molecule has 0 radical (unpaired) electrons. The second kappa shape index (κ2) is 8.13. The van der Waals surface area contributed by atoms with Gasteiger partial charge in [-0.05, 0) is 62.9 Å². The lowest BCUT2D eigenvalue weighted by Crippen LogP contribution is -2.32. The molecule has 4 nitrogen and oxygen atoms in total. The molecule has 0 bridgehead atoms. The van der Waals surface area contributed by atoms with E-state index in [1.165, 1.54) is 0 Å². The molecule has 1 aliphatic heterocycles. The van der Waals surface area contributed by atoms with E-state index in [1.54, 1.807) is 0 Å². The number of ether oxygens (including phenoxy) is 1. The Bertz CT molecular complexity index is 1070. The van der Waals surface area contributed by atoms with E-state index in [0.29, 0.717) is 17.1 Å². The molecule has 0 aliphatic carbocycles. The van der Waals surface area contributed by atoms with Gasteiger partial charge in [0, 0.05) is 29.1 Å². The molecular weight excluding hydrogens is 384 g/mol. The average Bonchev–Trinajstić information content (AvgIpc) is 3.20. The van der Waals surface area contributed by atoms with Gasteiger partial charge in [-0.3, -0.25) is 4.79 Å². The molecule has 4 rings (SSSR count). The van der Waals surface area contributed by atoms with Crippen molar-refractivity contribution in [2.75, 3.05) is 13.2 Å². The van der Waals surface area contributed by atoms with E-state index >= 15 is 0 Å². The Balaban J connectivity index is 1.84. The van der Waals surface area contributed by atoms with Crippen LogP contribution in [0.1, 0.15) is 39.9 Å². The van der Waals surface area contributed by atoms with E-state index in [0.717, 1.165) is 58.3 Å². The molecule has 2 heterocycles. The third-order valence-electron chi connectivity index (χ3n) is 5.53. The lowest BCUT2D eigenvalue weighted by Gasteiger charge is -2.17. The van der Waals surface area contributed by atoms with Crippen LogP contribution in [-0.4, -0.2) is 30.1 Å². The largest absolute Gasteiger partial charge is 0.376 e. The molecule has 1 saturated heterocycles. The van der Waals surface area contributed by atoms with Crippen molar-refractivity contribution in [3.63, 3.8) is 0 Å². The number of hydrogen-bond donors (Lipinski definition) is 1. The fourth-order valence-corrected chi connectivity index (χ4v) is 4.22. The normalized spacial score (nSPS) is 16.3. The third-order valence-corrected chi connectivity index (χ3v) is 5.78. The summed E-state index contributed by atoms with van der Waals surface area (Å²) in [5.74, 6) is -0.0781. The Hall–Kier alpha value is -2.43. The number of aryl methyl sites for hydroxylation is 2. The van der Waals surface area contributed by atoms with Gasteiger partial charge in [0.15, 0.2) is 0 Å². The maximum Gasteiger partial charge on any atom is 0.252 e. The number of carbonyl (C=O) groups is 1. The summed E-state index contributed by atoms with van der Waals surface area (Å²) in [5.41, 5.74) is 6.34. The molecule has 1 aliphatic rings. The van der Waals surface area contributed by atoms with Crippen LogP contribution in [0.25, 0.3) is 22.2 Å². The zero-order valence-corrected chi connectivity index (χ0v) is 17.8. The van der Waals surface area contributed by atoms with Gasteiger partial charge >= 0.3 is 0 Å². The number of rotatable bonds is 4. The minimum absolute atomic E-state index is 0.0781. The highest BCUT2D eigenvalue weighted by Crippen LogP contribution is 2.32. The van der Waals surface area contributed by atoms with Crippen molar-refractivity contribution in [1.29, 1.82) is 0 Å². The van der Waals surface area contributed by atoms with Crippen LogP contribution in [0.4, 0.5) is 0 Å². The summed E-state index contributed by atoms with van der Waals surface area (Å²) in [7, 11) is 0. The van der Waals surface area contributed by atoms with Crippen molar-refractivity contribution in [2.45, 2.75) is 39.7 Å². The fourth-order valence-electron chi connectivity index (χ4n) is 4.10. The first-order chi connectivity index (χ1) is 13.9. The Morgan fingerprint density at radius 2 is 1.97 bits per heavy atom. The maximum atomic E-state index is 13.3. The Kier molecular flexibility index (Phi) is 5.57. The number of fused-ring (bicyclic) bond motifs is 1. The van der Waals surface area contributed by atoms with Crippen LogP contribution < -0.4 is 5.32 Å². The van der Waals surface area contributed by atoms with Crippen LogP contribution in [0.2, 0.25) is 5.02 Å². The van der Waals surface area contributed by atoms with Gasteiger partial charge in [-0.15, -0.1) is 0 Å². The summed E-state index contributed by atoms with van der Waals surface area (Å²) < 4.78 is 5.66. The number of nitrogens with zero attached hydrogens (tertiary/aromatic N) is 1.